The van der Waals surface area contributed by atoms with Crippen LogP contribution in [-0.4, -0.2) is 24.9 Å². The molecule has 2 rings (SSSR count). The molecule has 3 nitrogen and oxygen atoms in total. The number of carbonyl (C=O) groups excluding carboxylic acids is 1. The van der Waals surface area contributed by atoms with E-state index in [1.54, 1.807) is 0 Å². The number of hydrogen-bond acceptors (Lipinski definition) is 2. The van der Waals surface area contributed by atoms with Crippen LogP contribution in [0.25, 0.3) is 0 Å². The zero-order valence-corrected chi connectivity index (χ0v) is 9.73. The molecule has 2 fully saturated rings. The summed E-state index contributed by atoms with van der Waals surface area (Å²) in [6.07, 6.45) is 3.28. The van der Waals surface area contributed by atoms with Gasteiger partial charge in [0.15, 0.2) is 0 Å². The second kappa shape index (κ2) is 4.84. The predicted molar refractivity (Wildman–Crippen MR) is 58.6 cm³/mol. The fourth-order valence-corrected chi connectivity index (χ4v) is 1.98. The van der Waals surface area contributed by atoms with Crippen LogP contribution < -0.4 is 11.1 Å². The normalized spacial score (nSPS) is 28.2. The van der Waals surface area contributed by atoms with Gasteiger partial charge in [0, 0.05) is 5.92 Å². The lowest BCUT2D eigenvalue weighted by atomic mass is 10.2. The van der Waals surface area contributed by atoms with Gasteiger partial charge in [0.25, 0.3) is 5.92 Å². The van der Waals surface area contributed by atoms with E-state index in [4.69, 9.17) is 5.73 Å². The predicted octanol–water partition coefficient (Wildman–Crippen LogP) is 1.16. The summed E-state index contributed by atoms with van der Waals surface area (Å²) >= 11 is 0. The number of nitrogens with two attached hydrogens (primary N) is 1. The molecule has 2 unspecified atom stereocenters. The van der Waals surface area contributed by atoms with Crippen LogP contribution in [0.2, 0.25) is 0 Å². The van der Waals surface area contributed by atoms with E-state index in [-0.39, 0.29) is 24.2 Å². The average molecular weight is 255 g/mol. The molecular formula is C10H17ClF2N2O. The number of hydrogen-bond donors (Lipinski definition) is 2. The second-order valence-electron chi connectivity index (χ2n) is 4.62. The number of rotatable bonds is 5. The van der Waals surface area contributed by atoms with Gasteiger partial charge in [-0.3, -0.25) is 4.79 Å². The van der Waals surface area contributed by atoms with Crippen LogP contribution in [0.15, 0.2) is 0 Å². The molecule has 94 valence electrons. The first-order chi connectivity index (χ1) is 7.03. The average Bonchev–Trinajstić information content (AvgIpc) is 3.02. The summed E-state index contributed by atoms with van der Waals surface area (Å²) in [6, 6.07) is 0. The first-order valence-electron chi connectivity index (χ1n) is 5.39. The van der Waals surface area contributed by atoms with Crippen molar-refractivity contribution in [1.29, 1.82) is 0 Å². The van der Waals surface area contributed by atoms with Crippen molar-refractivity contribution in [3.05, 3.63) is 0 Å². The molecule has 0 heterocycles. The highest BCUT2D eigenvalue weighted by Gasteiger charge is 2.51. The van der Waals surface area contributed by atoms with E-state index in [0.29, 0.717) is 11.8 Å². The molecule has 0 bridgehead atoms. The molecule has 2 aliphatic rings. The topological polar surface area (TPSA) is 55.1 Å². The minimum Gasteiger partial charge on any atom is -0.350 e. The summed E-state index contributed by atoms with van der Waals surface area (Å²) in [5, 5.41) is 2.28. The molecule has 0 saturated heterocycles. The third-order valence-corrected chi connectivity index (χ3v) is 3.22. The second-order valence-corrected chi connectivity index (χ2v) is 4.62. The zero-order valence-electron chi connectivity index (χ0n) is 8.92. The first kappa shape index (κ1) is 13.6. The minimum atomic E-state index is -2.97. The maximum Gasteiger partial charge on any atom is 0.277 e. The highest BCUT2D eigenvalue weighted by atomic mass is 35.5. The molecular weight excluding hydrogens is 238 g/mol. The van der Waals surface area contributed by atoms with E-state index in [1.807, 2.05) is 0 Å². The number of alkyl halides is 2. The smallest absolute Gasteiger partial charge is 0.277 e. The van der Waals surface area contributed by atoms with Crippen LogP contribution in [-0.2, 0) is 4.79 Å². The van der Waals surface area contributed by atoms with Gasteiger partial charge in [-0.15, -0.1) is 12.4 Å². The van der Waals surface area contributed by atoms with Crippen molar-refractivity contribution in [3.63, 3.8) is 0 Å². The van der Waals surface area contributed by atoms with Crippen molar-refractivity contribution < 1.29 is 13.6 Å². The lowest BCUT2D eigenvalue weighted by Crippen LogP contribution is -2.42. The first-order valence-corrected chi connectivity index (χ1v) is 5.39. The van der Waals surface area contributed by atoms with E-state index in [0.717, 1.165) is 6.42 Å². The molecule has 2 aliphatic carbocycles. The molecule has 0 radical (unpaired) electrons. The largest absolute Gasteiger partial charge is 0.350 e. The molecule has 0 spiro atoms. The van der Waals surface area contributed by atoms with Gasteiger partial charge >= 0.3 is 0 Å². The van der Waals surface area contributed by atoms with Gasteiger partial charge < -0.3 is 11.1 Å². The Balaban J connectivity index is 0.00000128. The minimum absolute atomic E-state index is 0. The van der Waals surface area contributed by atoms with Crippen molar-refractivity contribution in [3.8, 4) is 0 Å². The van der Waals surface area contributed by atoms with Crippen molar-refractivity contribution in [2.45, 2.75) is 25.2 Å². The lowest BCUT2D eigenvalue weighted by molar-refractivity contribution is -0.124. The van der Waals surface area contributed by atoms with Crippen molar-refractivity contribution in [1.82, 2.24) is 5.32 Å². The van der Waals surface area contributed by atoms with Gasteiger partial charge in [-0.25, -0.2) is 8.78 Å². The van der Waals surface area contributed by atoms with Crippen LogP contribution in [0.4, 0.5) is 8.78 Å². The van der Waals surface area contributed by atoms with E-state index >= 15 is 0 Å². The summed E-state index contributed by atoms with van der Waals surface area (Å²) in [5.41, 5.74) is 4.87. The van der Waals surface area contributed by atoms with Gasteiger partial charge in [0.05, 0.1) is 13.1 Å². The fraction of sp³-hybridized carbons (Fsp3) is 0.900. The number of halogens is 3. The van der Waals surface area contributed by atoms with E-state index in [1.165, 1.54) is 12.8 Å². The highest BCUT2D eigenvalue weighted by molar-refractivity contribution is 5.85. The Bertz CT molecular complexity index is 272. The zero-order chi connectivity index (χ0) is 11.1. The Morgan fingerprint density at radius 2 is 2.06 bits per heavy atom. The molecule has 2 atom stereocenters. The van der Waals surface area contributed by atoms with Crippen LogP contribution >= 0.6 is 12.4 Å². The Kier molecular flexibility index (Phi) is 4.12. The van der Waals surface area contributed by atoms with Crippen molar-refractivity contribution >= 4 is 18.3 Å². The quantitative estimate of drug-likeness (QED) is 0.774. The standard InChI is InChI=1S/C10H16F2N2O.ClH/c11-10(12,4-13)5-14-9(15)8-3-7(8)6-1-2-6;/h6-8H,1-5,13H2,(H,14,15);1H. The van der Waals surface area contributed by atoms with Gasteiger partial charge in [-0.05, 0) is 31.1 Å². The summed E-state index contributed by atoms with van der Waals surface area (Å²) in [6.45, 7) is -1.35. The third kappa shape index (κ3) is 3.28. The van der Waals surface area contributed by atoms with Gasteiger partial charge in [-0.1, -0.05) is 0 Å². The van der Waals surface area contributed by atoms with Gasteiger partial charge in [0.2, 0.25) is 5.91 Å². The molecule has 16 heavy (non-hydrogen) atoms. The van der Waals surface area contributed by atoms with Crippen molar-refractivity contribution in [2.24, 2.45) is 23.5 Å². The lowest BCUT2D eigenvalue weighted by Gasteiger charge is -2.14. The summed E-state index contributed by atoms with van der Waals surface area (Å²) in [5.74, 6) is -2.04. The number of nitrogens with one attached hydrogen (secondary N) is 1. The molecule has 3 N–H and O–H groups in total. The summed E-state index contributed by atoms with van der Waals surface area (Å²) in [4.78, 5) is 11.4. The number of carbonyl (C=O) groups is 1. The maximum absolute atomic E-state index is 12.7. The van der Waals surface area contributed by atoms with Gasteiger partial charge in [-0.2, -0.15) is 0 Å². The van der Waals surface area contributed by atoms with Crippen LogP contribution in [0.3, 0.4) is 0 Å². The monoisotopic (exact) mass is 254 g/mol. The number of amides is 1. The Morgan fingerprint density at radius 1 is 1.44 bits per heavy atom. The fourth-order valence-electron chi connectivity index (χ4n) is 1.98. The molecule has 0 aromatic rings. The summed E-state index contributed by atoms with van der Waals surface area (Å²) < 4.78 is 25.5. The molecule has 0 aromatic carbocycles. The Labute approximate surface area is 99.5 Å². The third-order valence-electron chi connectivity index (χ3n) is 3.22. The van der Waals surface area contributed by atoms with E-state index < -0.39 is 19.0 Å². The molecule has 2 saturated carbocycles. The van der Waals surface area contributed by atoms with E-state index in [9.17, 15) is 13.6 Å². The molecule has 0 aliphatic heterocycles. The Morgan fingerprint density at radius 3 is 2.56 bits per heavy atom. The van der Waals surface area contributed by atoms with Crippen LogP contribution in [0.5, 0.6) is 0 Å². The Hall–Kier alpha value is -0.420. The molecule has 6 heteroatoms. The van der Waals surface area contributed by atoms with Gasteiger partial charge in [0.1, 0.15) is 0 Å². The molecule has 0 aromatic heterocycles. The summed E-state index contributed by atoms with van der Waals surface area (Å²) in [7, 11) is 0. The van der Waals surface area contributed by atoms with Crippen molar-refractivity contribution in [2.75, 3.05) is 13.1 Å². The maximum atomic E-state index is 12.7. The molecule has 1 amide bonds. The van der Waals surface area contributed by atoms with E-state index in [2.05, 4.69) is 5.32 Å². The van der Waals surface area contributed by atoms with Crippen LogP contribution in [0, 0.1) is 17.8 Å². The SMILES string of the molecule is Cl.NCC(F)(F)CNC(=O)C1CC1C1CC1. The van der Waals surface area contributed by atoms with Crippen LogP contribution in [0.1, 0.15) is 19.3 Å². The highest BCUT2D eigenvalue weighted by Crippen LogP contribution is 2.54.